The Balaban J connectivity index is 3.98. The summed E-state index contributed by atoms with van der Waals surface area (Å²) in [4.78, 5) is 22.2. The first-order chi connectivity index (χ1) is 7.47. The lowest BCUT2D eigenvalue weighted by Gasteiger charge is -2.16. The standard InChI is InChI=1S/C10H20N2O4/c1-7(2)6-8(10(14)15)12-9(13)4-3-5-11-16/h7-8,11,16H,3-6H2,1-2H3,(H,12,13)(H,14,15). The molecule has 1 atom stereocenters. The van der Waals surface area contributed by atoms with Gasteiger partial charge in [0.15, 0.2) is 0 Å². The highest BCUT2D eigenvalue weighted by Crippen LogP contribution is 2.05. The molecule has 94 valence electrons. The Hall–Kier alpha value is -1.14. The number of rotatable bonds is 8. The van der Waals surface area contributed by atoms with Crippen molar-refractivity contribution in [3.05, 3.63) is 0 Å². The monoisotopic (exact) mass is 232 g/mol. The van der Waals surface area contributed by atoms with E-state index in [1.165, 1.54) is 0 Å². The van der Waals surface area contributed by atoms with E-state index in [2.05, 4.69) is 5.32 Å². The quantitative estimate of drug-likeness (QED) is 0.358. The van der Waals surface area contributed by atoms with Gasteiger partial charge in [-0.05, 0) is 18.8 Å². The highest BCUT2D eigenvalue weighted by Gasteiger charge is 2.20. The summed E-state index contributed by atoms with van der Waals surface area (Å²) in [5, 5.41) is 19.6. The molecule has 0 bridgehead atoms. The number of carbonyl (C=O) groups excluding carboxylic acids is 1. The molecule has 0 rings (SSSR count). The van der Waals surface area contributed by atoms with Gasteiger partial charge in [-0.2, -0.15) is 0 Å². The summed E-state index contributed by atoms with van der Waals surface area (Å²) in [5.41, 5.74) is 1.94. The highest BCUT2D eigenvalue weighted by atomic mass is 16.5. The van der Waals surface area contributed by atoms with E-state index in [1.807, 2.05) is 19.3 Å². The molecule has 0 aromatic heterocycles. The molecule has 16 heavy (non-hydrogen) atoms. The van der Waals surface area contributed by atoms with Crippen molar-refractivity contribution in [2.45, 2.75) is 39.2 Å². The third kappa shape index (κ3) is 7.19. The lowest BCUT2D eigenvalue weighted by molar-refractivity contribution is -0.142. The molecule has 0 heterocycles. The van der Waals surface area contributed by atoms with E-state index in [0.717, 1.165) is 0 Å². The summed E-state index contributed by atoms with van der Waals surface area (Å²) < 4.78 is 0. The molecule has 0 fully saturated rings. The minimum atomic E-state index is -1.01. The highest BCUT2D eigenvalue weighted by molar-refractivity contribution is 5.83. The van der Waals surface area contributed by atoms with Crippen LogP contribution in [0.3, 0.4) is 0 Å². The first-order valence-electron chi connectivity index (χ1n) is 5.36. The summed E-state index contributed by atoms with van der Waals surface area (Å²) in [6.07, 6.45) is 1.09. The van der Waals surface area contributed by atoms with Gasteiger partial charge in [-0.3, -0.25) is 4.79 Å². The summed E-state index contributed by atoms with van der Waals surface area (Å²) in [5.74, 6) is -1.11. The minimum absolute atomic E-state index is 0.204. The third-order valence-electron chi connectivity index (χ3n) is 2.03. The van der Waals surface area contributed by atoms with Gasteiger partial charge in [0.25, 0.3) is 0 Å². The second-order valence-electron chi connectivity index (χ2n) is 4.10. The van der Waals surface area contributed by atoms with Crippen molar-refractivity contribution in [2.75, 3.05) is 6.54 Å². The zero-order valence-electron chi connectivity index (χ0n) is 9.69. The number of hydrogen-bond donors (Lipinski definition) is 4. The van der Waals surface area contributed by atoms with Gasteiger partial charge in [0.05, 0.1) is 0 Å². The summed E-state index contributed by atoms with van der Waals surface area (Å²) in [7, 11) is 0. The van der Waals surface area contributed by atoms with Crippen LogP contribution in [0.15, 0.2) is 0 Å². The van der Waals surface area contributed by atoms with Crippen molar-refractivity contribution < 1.29 is 19.9 Å². The van der Waals surface area contributed by atoms with E-state index in [0.29, 0.717) is 19.4 Å². The van der Waals surface area contributed by atoms with E-state index in [9.17, 15) is 9.59 Å². The molecule has 0 saturated carbocycles. The first kappa shape index (κ1) is 14.9. The Kier molecular flexibility index (Phi) is 7.49. The molecule has 1 amide bonds. The maximum Gasteiger partial charge on any atom is 0.326 e. The van der Waals surface area contributed by atoms with Crippen molar-refractivity contribution in [3.63, 3.8) is 0 Å². The molecule has 0 aliphatic rings. The van der Waals surface area contributed by atoms with Crippen LogP contribution in [-0.2, 0) is 9.59 Å². The minimum Gasteiger partial charge on any atom is -0.480 e. The van der Waals surface area contributed by atoms with Crippen LogP contribution < -0.4 is 10.8 Å². The fourth-order valence-electron chi connectivity index (χ4n) is 1.29. The van der Waals surface area contributed by atoms with Crippen LogP contribution in [0.4, 0.5) is 0 Å². The molecule has 6 heteroatoms. The molecule has 0 radical (unpaired) electrons. The number of amides is 1. The lowest BCUT2D eigenvalue weighted by atomic mass is 10.0. The maximum atomic E-state index is 11.3. The molecule has 0 spiro atoms. The van der Waals surface area contributed by atoms with Gasteiger partial charge >= 0.3 is 5.97 Å². The van der Waals surface area contributed by atoms with E-state index in [-0.39, 0.29) is 18.2 Å². The Labute approximate surface area is 95.0 Å². The number of carbonyl (C=O) groups is 2. The van der Waals surface area contributed by atoms with Crippen LogP contribution in [0, 0.1) is 5.92 Å². The Bertz CT molecular complexity index is 231. The smallest absolute Gasteiger partial charge is 0.326 e. The van der Waals surface area contributed by atoms with Crippen molar-refractivity contribution in [2.24, 2.45) is 5.92 Å². The molecule has 4 N–H and O–H groups in total. The molecule has 0 aliphatic heterocycles. The Morgan fingerprint density at radius 2 is 1.94 bits per heavy atom. The predicted molar refractivity (Wildman–Crippen MR) is 58.0 cm³/mol. The van der Waals surface area contributed by atoms with E-state index in [1.54, 1.807) is 0 Å². The fourth-order valence-corrected chi connectivity index (χ4v) is 1.29. The zero-order valence-corrected chi connectivity index (χ0v) is 9.69. The molecule has 0 aromatic rings. The van der Waals surface area contributed by atoms with Crippen LogP contribution in [0.25, 0.3) is 0 Å². The van der Waals surface area contributed by atoms with Crippen LogP contribution in [0.1, 0.15) is 33.1 Å². The van der Waals surface area contributed by atoms with E-state index >= 15 is 0 Å². The number of hydroxylamine groups is 1. The molecule has 0 aliphatic carbocycles. The number of carboxylic acid groups (broad SMARTS) is 1. The van der Waals surface area contributed by atoms with Gasteiger partial charge in [0.2, 0.25) is 5.91 Å². The van der Waals surface area contributed by atoms with Gasteiger partial charge in [-0.15, -0.1) is 0 Å². The summed E-state index contributed by atoms with van der Waals surface area (Å²) >= 11 is 0. The van der Waals surface area contributed by atoms with Gasteiger partial charge < -0.3 is 15.6 Å². The Morgan fingerprint density at radius 3 is 2.38 bits per heavy atom. The largest absolute Gasteiger partial charge is 0.480 e. The van der Waals surface area contributed by atoms with Crippen molar-refractivity contribution >= 4 is 11.9 Å². The maximum absolute atomic E-state index is 11.3. The van der Waals surface area contributed by atoms with Gasteiger partial charge in [-0.25, -0.2) is 10.3 Å². The molecular weight excluding hydrogens is 212 g/mol. The van der Waals surface area contributed by atoms with E-state index < -0.39 is 12.0 Å². The van der Waals surface area contributed by atoms with Gasteiger partial charge in [0.1, 0.15) is 6.04 Å². The second-order valence-corrected chi connectivity index (χ2v) is 4.10. The zero-order chi connectivity index (χ0) is 12.6. The molecule has 0 aromatic carbocycles. The molecular formula is C10H20N2O4. The first-order valence-corrected chi connectivity index (χ1v) is 5.36. The van der Waals surface area contributed by atoms with Crippen molar-refractivity contribution in [1.29, 1.82) is 0 Å². The molecule has 6 nitrogen and oxygen atoms in total. The van der Waals surface area contributed by atoms with Crippen LogP contribution in [0.5, 0.6) is 0 Å². The summed E-state index contributed by atoms with van der Waals surface area (Å²) in [6.45, 7) is 4.12. The molecule has 0 saturated heterocycles. The number of aliphatic carboxylic acids is 1. The van der Waals surface area contributed by atoms with Crippen molar-refractivity contribution in [1.82, 2.24) is 10.8 Å². The van der Waals surface area contributed by atoms with Crippen LogP contribution >= 0.6 is 0 Å². The van der Waals surface area contributed by atoms with Gasteiger partial charge in [-0.1, -0.05) is 13.8 Å². The van der Waals surface area contributed by atoms with Crippen LogP contribution in [0.2, 0.25) is 0 Å². The third-order valence-corrected chi connectivity index (χ3v) is 2.03. The second kappa shape index (κ2) is 8.06. The topological polar surface area (TPSA) is 98.7 Å². The average molecular weight is 232 g/mol. The van der Waals surface area contributed by atoms with Gasteiger partial charge in [0, 0.05) is 13.0 Å². The van der Waals surface area contributed by atoms with Crippen LogP contribution in [-0.4, -0.2) is 34.8 Å². The number of hydrogen-bond acceptors (Lipinski definition) is 4. The summed E-state index contributed by atoms with van der Waals surface area (Å²) in [6, 6.07) is -0.824. The normalized spacial score (nSPS) is 12.5. The number of nitrogens with one attached hydrogen (secondary N) is 2. The van der Waals surface area contributed by atoms with Crippen molar-refractivity contribution in [3.8, 4) is 0 Å². The SMILES string of the molecule is CC(C)CC(NC(=O)CCCNO)C(=O)O. The van der Waals surface area contributed by atoms with E-state index in [4.69, 9.17) is 10.3 Å². The number of carboxylic acids is 1. The predicted octanol–water partition coefficient (Wildman–Crippen LogP) is 0.361. The lowest BCUT2D eigenvalue weighted by Crippen LogP contribution is -2.41. The fraction of sp³-hybridized carbons (Fsp3) is 0.800. The Morgan fingerprint density at radius 1 is 1.31 bits per heavy atom. The average Bonchev–Trinajstić information content (AvgIpc) is 2.16. The molecule has 1 unspecified atom stereocenters.